The fourth-order valence-corrected chi connectivity index (χ4v) is 3.19. The van der Waals surface area contributed by atoms with Gasteiger partial charge in [0, 0.05) is 17.0 Å². The molecule has 7 heteroatoms. The van der Waals surface area contributed by atoms with E-state index in [0.29, 0.717) is 22.4 Å². The summed E-state index contributed by atoms with van der Waals surface area (Å²) in [6.45, 7) is 0. The second-order valence-corrected chi connectivity index (χ2v) is 6.43. The summed E-state index contributed by atoms with van der Waals surface area (Å²) in [5.41, 5.74) is 0.763. The number of hydrogen-bond donors (Lipinski definition) is 2. The number of aromatic amines is 1. The van der Waals surface area contributed by atoms with Gasteiger partial charge in [-0.15, -0.1) is 0 Å². The molecule has 4 rings (SSSR count). The summed E-state index contributed by atoms with van der Waals surface area (Å²) < 4.78 is 24.4. The van der Waals surface area contributed by atoms with Crippen LogP contribution in [0.1, 0.15) is 27.7 Å². The number of methoxy groups -OCH3 is 1. The monoisotopic (exact) mass is 392 g/mol. The van der Waals surface area contributed by atoms with E-state index in [1.807, 2.05) is 12.1 Å². The van der Waals surface area contributed by atoms with Crippen molar-refractivity contribution in [2.24, 2.45) is 0 Å². The molecule has 1 unspecified atom stereocenters. The molecular formula is C22H17FN2O4. The number of carbonyl (C=O) groups is 1. The summed E-state index contributed by atoms with van der Waals surface area (Å²) in [6.07, 6.45) is 1.51. The molecule has 0 saturated carbocycles. The van der Waals surface area contributed by atoms with E-state index in [-0.39, 0.29) is 5.56 Å². The van der Waals surface area contributed by atoms with E-state index in [4.69, 9.17) is 9.15 Å². The third-order valence-corrected chi connectivity index (χ3v) is 4.60. The first-order valence-electron chi connectivity index (χ1n) is 8.86. The number of amides is 1. The normalized spacial score (nSPS) is 11.9. The molecule has 0 saturated heterocycles. The lowest BCUT2D eigenvalue weighted by atomic mass is 10.0. The van der Waals surface area contributed by atoms with Crippen LogP contribution in [-0.4, -0.2) is 18.0 Å². The van der Waals surface area contributed by atoms with Gasteiger partial charge in [0.15, 0.2) is 0 Å². The van der Waals surface area contributed by atoms with E-state index < -0.39 is 23.3 Å². The molecule has 0 fully saturated rings. The number of nitrogens with one attached hydrogen (secondary N) is 2. The second kappa shape index (κ2) is 7.63. The highest BCUT2D eigenvalue weighted by atomic mass is 19.1. The zero-order valence-electron chi connectivity index (χ0n) is 15.4. The molecular weight excluding hydrogens is 375 g/mol. The molecule has 2 aromatic carbocycles. The average molecular weight is 392 g/mol. The summed E-state index contributed by atoms with van der Waals surface area (Å²) in [5.74, 6) is 0.165. The number of carbonyl (C=O) groups excluding carboxylic acids is 1. The van der Waals surface area contributed by atoms with Gasteiger partial charge < -0.3 is 19.5 Å². The molecule has 1 atom stereocenters. The number of rotatable bonds is 5. The Labute approximate surface area is 164 Å². The van der Waals surface area contributed by atoms with Crippen LogP contribution in [0, 0.1) is 5.82 Å². The van der Waals surface area contributed by atoms with E-state index in [1.54, 1.807) is 31.4 Å². The van der Waals surface area contributed by atoms with Gasteiger partial charge in [-0.3, -0.25) is 9.59 Å². The second-order valence-electron chi connectivity index (χ2n) is 6.43. The summed E-state index contributed by atoms with van der Waals surface area (Å²) in [5, 5.41) is 3.19. The summed E-state index contributed by atoms with van der Waals surface area (Å²) in [6, 6.07) is 15.0. The van der Waals surface area contributed by atoms with Crippen molar-refractivity contribution in [2.45, 2.75) is 6.04 Å². The van der Waals surface area contributed by atoms with Crippen LogP contribution >= 0.6 is 0 Å². The molecule has 6 nitrogen and oxygen atoms in total. The quantitative estimate of drug-likeness (QED) is 0.541. The van der Waals surface area contributed by atoms with Crippen molar-refractivity contribution < 1.29 is 18.3 Å². The lowest BCUT2D eigenvalue weighted by Crippen LogP contribution is -2.30. The minimum Gasteiger partial charge on any atom is -0.497 e. The zero-order chi connectivity index (χ0) is 20.4. The number of pyridine rings is 1. The van der Waals surface area contributed by atoms with Crippen molar-refractivity contribution in [3.63, 3.8) is 0 Å². The first kappa shape index (κ1) is 18.5. The van der Waals surface area contributed by atoms with E-state index in [0.717, 1.165) is 11.6 Å². The predicted octanol–water partition coefficient (Wildman–Crippen LogP) is 3.79. The molecule has 146 valence electrons. The van der Waals surface area contributed by atoms with Crippen LogP contribution in [0.15, 0.2) is 76.1 Å². The van der Waals surface area contributed by atoms with Crippen molar-refractivity contribution in [3.8, 4) is 5.75 Å². The molecule has 4 aromatic rings. The summed E-state index contributed by atoms with van der Waals surface area (Å²) in [7, 11) is 1.57. The Balaban J connectivity index is 1.75. The zero-order valence-corrected chi connectivity index (χ0v) is 15.4. The van der Waals surface area contributed by atoms with E-state index in [2.05, 4.69) is 10.3 Å². The van der Waals surface area contributed by atoms with Gasteiger partial charge in [-0.25, -0.2) is 4.39 Å². The van der Waals surface area contributed by atoms with Crippen LogP contribution in [0.2, 0.25) is 0 Å². The van der Waals surface area contributed by atoms with Crippen LogP contribution < -0.4 is 15.6 Å². The van der Waals surface area contributed by atoms with Gasteiger partial charge in [-0.05, 0) is 48.0 Å². The standard InChI is InChI=1S/C22H17FN2O4/c1-28-15-7-4-13(5-8-15)21(19-3-2-10-29-19)25-22(27)17-12-20(26)24-18-9-6-14(23)11-16(17)18/h2-12,21H,1H3,(H,24,26)(H,25,27). The van der Waals surface area contributed by atoms with E-state index in [9.17, 15) is 14.0 Å². The summed E-state index contributed by atoms with van der Waals surface area (Å²) in [4.78, 5) is 27.7. The number of ether oxygens (including phenoxy) is 1. The number of furan rings is 1. The molecule has 1 amide bonds. The van der Waals surface area contributed by atoms with Gasteiger partial charge >= 0.3 is 0 Å². The molecule has 0 radical (unpaired) electrons. The number of benzene rings is 2. The SMILES string of the molecule is COc1ccc(C(NC(=O)c2cc(=O)[nH]c3ccc(F)cc23)c2ccco2)cc1. The molecule has 0 aliphatic rings. The highest BCUT2D eigenvalue weighted by Crippen LogP contribution is 2.26. The highest BCUT2D eigenvalue weighted by molar-refractivity contribution is 6.06. The Morgan fingerprint density at radius 1 is 1.14 bits per heavy atom. The van der Waals surface area contributed by atoms with Gasteiger partial charge in [0.2, 0.25) is 5.56 Å². The summed E-state index contributed by atoms with van der Waals surface area (Å²) >= 11 is 0. The predicted molar refractivity (Wildman–Crippen MR) is 106 cm³/mol. The molecule has 0 spiro atoms. The molecule has 0 aliphatic carbocycles. The van der Waals surface area contributed by atoms with Gasteiger partial charge in [-0.1, -0.05) is 12.1 Å². The third-order valence-electron chi connectivity index (χ3n) is 4.60. The smallest absolute Gasteiger partial charge is 0.253 e. The molecule has 0 bridgehead atoms. The Morgan fingerprint density at radius 3 is 2.62 bits per heavy atom. The van der Waals surface area contributed by atoms with Crippen LogP contribution in [-0.2, 0) is 0 Å². The number of H-pyrrole nitrogens is 1. The Hall–Kier alpha value is -3.87. The fourth-order valence-electron chi connectivity index (χ4n) is 3.19. The lowest BCUT2D eigenvalue weighted by Gasteiger charge is -2.18. The van der Waals surface area contributed by atoms with Gasteiger partial charge in [0.1, 0.15) is 23.4 Å². The average Bonchev–Trinajstić information content (AvgIpc) is 3.26. The maximum Gasteiger partial charge on any atom is 0.253 e. The van der Waals surface area contributed by atoms with E-state index >= 15 is 0 Å². The molecule has 2 aromatic heterocycles. The number of aromatic nitrogens is 1. The van der Waals surface area contributed by atoms with Gasteiger partial charge in [0.05, 0.1) is 18.9 Å². The Kier molecular flexibility index (Phi) is 4.87. The molecule has 29 heavy (non-hydrogen) atoms. The first-order chi connectivity index (χ1) is 14.0. The minimum absolute atomic E-state index is 0.0771. The van der Waals surface area contributed by atoms with Crippen molar-refractivity contribution in [2.75, 3.05) is 7.11 Å². The third kappa shape index (κ3) is 3.75. The van der Waals surface area contributed by atoms with Crippen molar-refractivity contribution in [1.29, 1.82) is 0 Å². The molecule has 2 N–H and O–H groups in total. The van der Waals surface area contributed by atoms with Crippen molar-refractivity contribution in [3.05, 3.63) is 100.0 Å². The molecule has 2 heterocycles. The lowest BCUT2D eigenvalue weighted by molar-refractivity contribution is 0.0940. The van der Waals surface area contributed by atoms with Crippen LogP contribution in [0.25, 0.3) is 10.9 Å². The largest absolute Gasteiger partial charge is 0.497 e. The molecule has 0 aliphatic heterocycles. The number of fused-ring (bicyclic) bond motifs is 1. The minimum atomic E-state index is -0.605. The van der Waals surface area contributed by atoms with Gasteiger partial charge in [0.25, 0.3) is 5.91 Å². The van der Waals surface area contributed by atoms with Crippen molar-refractivity contribution in [1.82, 2.24) is 10.3 Å². The number of hydrogen-bond acceptors (Lipinski definition) is 4. The van der Waals surface area contributed by atoms with Crippen molar-refractivity contribution >= 4 is 16.8 Å². The highest BCUT2D eigenvalue weighted by Gasteiger charge is 2.22. The van der Waals surface area contributed by atoms with Crippen LogP contribution in [0.4, 0.5) is 4.39 Å². The maximum atomic E-state index is 13.8. The van der Waals surface area contributed by atoms with Gasteiger partial charge in [-0.2, -0.15) is 0 Å². The topological polar surface area (TPSA) is 84.3 Å². The van der Waals surface area contributed by atoms with Crippen LogP contribution in [0.5, 0.6) is 5.75 Å². The maximum absolute atomic E-state index is 13.8. The fraction of sp³-hybridized carbons (Fsp3) is 0.0909. The van der Waals surface area contributed by atoms with E-state index in [1.165, 1.54) is 24.5 Å². The Morgan fingerprint density at radius 2 is 1.93 bits per heavy atom. The van der Waals surface area contributed by atoms with Crippen LogP contribution in [0.3, 0.4) is 0 Å². The number of halogens is 1. The first-order valence-corrected chi connectivity index (χ1v) is 8.86. The Bertz CT molecular complexity index is 1210.